The number of hydrogen-bond donors (Lipinski definition) is 2. The van der Waals surface area contributed by atoms with Crippen LogP contribution in [0.5, 0.6) is 11.5 Å². The van der Waals surface area contributed by atoms with Gasteiger partial charge < -0.3 is 14.8 Å². The Morgan fingerprint density at radius 3 is 2.22 bits per heavy atom. The molecule has 3 aromatic rings. The van der Waals surface area contributed by atoms with Crippen LogP contribution >= 0.6 is 11.8 Å². The average molecular weight is 473 g/mol. The van der Waals surface area contributed by atoms with E-state index in [2.05, 4.69) is 10.0 Å². The number of nitrogens with one attached hydrogen (secondary N) is 2. The number of rotatable bonds is 9. The number of methoxy groups -OCH3 is 2. The summed E-state index contributed by atoms with van der Waals surface area (Å²) in [4.78, 5) is 12.7. The number of thioether (sulfide) groups is 1. The Morgan fingerprint density at radius 1 is 0.906 bits per heavy atom. The van der Waals surface area contributed by atoms with Gasteiger partial charge in [0.05, 0.1) is 30.5 Å². The molecule has 0 aromatic heterocycles. The number of amides is 1. The first-order valence-corrected chi connectivity index (χ1v) is 12.5. The molecular weight excluding hydrogens is 448 g/mol. The Morgan fingerprint density at radius 2 is 1.56 bits per heavy atom. The summed E-state index contributed by atoms with van der Waals surface area (Å²) in [6.07, 6.45) is 2.01. The largest absolute Gasteiger partial charge is 0.495 e. The van der Waals surface area contributed by atoms with Gasteiger partial charge in [-0.15, -0.1) is 0 Å². The molecule has 168 valence electrons. The zero-order valence-corrected chi connectivity index (χ0v) is 19.5. The first kappa shape index (κ1) is 23.5. The number of anilines is 2. The second-order valence-corrected chi connectivity index (χ2v) is 9.30. The van der Waals surface area contributed by atoms with E-state index in [0.29, 0.717) is 22.7 Å². The van der Waals surface area contributed by atoms with E-state index in [0.717, 1.165) is 11.3 Å². The first-order valence-electron chi connectivity index (χ1n) is 9.61. The third-order valence-corrected chi connectivity index (χ3v) is 6.59. The van der Waals surface area contributed by atoms with Gasteiger partial charge in [-0.2, -0.15) is 11.8 Å². The van der Waals surface area contributed by atoms with Crippen LogP contribution in [0.3, 0.4) is 0 Å². The Balaban J connectivity index is 1.87. The number of ether oxygens (including phenoxy) is 2. The molecule has 0 unspecified atom stereocenters. The lowest BCUT2D eigenvalue weighted by molar-refractivity contribution is 0.102. The van der Waals surface area contributed by atoms with E-state index < -0.39 is 10.0 Å². The Kier molecular flexibility index (Phi) is 7.66. The van der Waals surface area contributed by atoms with E-state index in [9.17, 15) is 13.2 Å². The highest BCUT2D eigenvalue weighted by Crippen LogP contribution is 2.31. The van der Waals surface area contributed by atoms with Gasteiger partial charge in [-0.05, 0) is 54.3 Å². The fourth-order valence-electron chi connectivity index (χ4n) is 3.00. The topological polar surface area (TPSA) is 93.7 Å². The number of hydrogen-bond acceptors (Lipinski definition) is 6. The Labute approximate surface area is 192 Å². The van der Waals surface area contributed by atoms with E-state index in [1.54, 1.807) is 48.2 Å². The highest BCUT2D eigenvalue weighted by molar-refractivity contribution is 7.97. The quantitative estimate of drug-likeness (QED) is 0.472. The highest BCUT2D eigenvalue weighted by Gasteiger charge is 2.19. The molecule has 0 aliphatic rings. The third kappa shape index (κ3) is 5.54. The van der Waals surface area contributed by atoms with Crippen molar-refractivity contribution in [1.82, 2.24) is 0 Å². The first-order chi connectivity index (χ1) is 15.4. The summed E-state index contributed by atoms with van der Waals surface area (Å²) in [6, 6.07) is 18.2. The smallest absolute Gasteiger partial charge is 0.262 e. The van der Waals surface area contributed by atoms with E-state index in [1.807, 2.05) is 18.4 Å². The predicted octanol–water partition coefficient (Wildman–Crippen LogP) is 4.62. The molecule has 3 aromatic carbocycles. The van der Waals surface area contributed by atoms with Crippen LogP contribution in [-0.4, -0.2) is 34.8 Å². The standard InChI is InChI=1S/C23H24N2O5S2/c1-29-21-7-5-4-6-19(21)25-32(27,28)18-12-13-22(30-2)20(14-18)24-23(26)17-10-8-16(9-11-17)15-31-3/h4-14,25H,15H2,1-3H3,(H,24,26). The van der Waals surface area contributed by atoms with Gasteiger partial charge in [0.1, 0.15) is 11.5 Å². The maximum atomic E-state index is 13.0. The third-order valence-electron chi connectivity index (χ3n) is 4.61. The molecule has 0 saturated carbocycles. The zero-order chi connectivity index (χ0) is 23.1. The van der Waals surface area contributed by atoms with Gasteiger partial charge in [-0.3, -0.25) is 9.52 Å². The van der Waals surface area contributed by atoms with Crippen LogP contribution in [-0.2, 0) is 15.8 Å². The molecule has 3 rings (SSSR count). The summed E-state index contributed by atoms with van der Waals surface area (Å²) >= 11 is 1.70. The second kappa shape index (κ2) is 10.4. The maximum absolute atomic E-state index is 13.0. The molecule has 0 saturated heterocycles. The molecule has 0 bridgehead atoms. The van der Waals surface area contributed by atoms with Gasteiger partial charge in [-0.1, -0.05) is 24.3 Å². The van der Waals surface area contributed by atoms with Crippen molar-refractivity contribution < 1.29 is 22.7 Å². The van der Waals surface area contributed by atoms with Crippen molar-refractivity contribution in [1.29, 1.82) is 0 Å². The van der Waals surface area contributed by atoms with Crippen molar-refractivity contribution in [3.05, 3.63) is 77.9 Å². The minimum atomic E-state index is -3.94. The Hall–Kier alpha value is -3.17. The zero-order valence-electron chi connectivity index (χ0n) is 17.9. The normalized spacial score (nSPS) is 11.0. The van der Waals surface area contributed by atoms with Gasteiger partial charge in [0.25, 0.3) is 15.9 Å². The molecule has 0 aliphatic carbocycles. The number of carbonyl (C=O) groups excluding carboxylic acids is 1. The van der Waals surface area contributed by atoms with Crippen LogP contribution in [0, 0.1) is 0 Å². The Bertz CT molecular complexity index is 1200. The van der Waals surface area contributed by atoms with Crippen LogP contribution in [0.15, 0.2) is 71.6 Å². The van der Waals surface area contributed by atoms with Crippen molar-refractivity contribution in [2.24, 2.45) is 0 Å². The van der Waals surface area contributed by atoms with Crippen LogP contribution in [0.4, 0.5) is 11.4 Å². The summed E-state index contributed by atoms with van der Waals surface area (Å²) in [7, 11) is -1.04. The van der Waals surface area contributed by atoms with Crippen molar-refractivity contribution in [3.63, 3.8) is 0 Å². The number of sulfonamides is 1. The molecule has 7 nitrogen and oxygen atoms in total. The SMILES string of the molecule is COc1ccc(S(=O)(=O)Nc2ccccc2OC)cc1NC(=O)c1ccc(CSC)cc1. The molecule has 0 atom stereocenters. The van der Waals surface area contributed by atoms with Crippen LogP contribution in [0.1, 0.15) is 15.9 Å². The lowest BCUT2D eigenvalue weighted by Crippen LogP contribution is -2.16. The fourth-order valence-corrected chi connectivity index (χ4v) is 4.62. The van der Waals surface area contributed by atoms with Crippen molar-refractivity contribution in [3.8, 4) is 11.5 Å². The van der Waals surface area contributed by atoms with Crippen molar-refractivity contribution in [2.45, 2.75) is 10.6 Å². The molecular formula is C23H24N2O5S2. The van der Waals surface area contributed by atoms with Crippen molar-refractivity contribution in [2.75, 3.05) is 30.5 Å². The molecule has 1 amide bonds. The molecule has 0 aliphatic heterocycles. The summed E-state index contributed by atoms with van der Waals surface area (Å²) in [5.41, 5.74) is 2.12. The van der Waals surface area contributed by atoms with E-state index in [4.69, 9.17) is 9.47 Å². The van der Waals surface area contributed by atoms with E-state index >= 15 is 0 Å². The molecule has 0 radical (unpaired) electrons. The molecule has 0 heterocycles. The molecule has 0 fully saturated rings. The highest BCUT2D eigenvalue weighted by atomic mass is 32.2. The van der Waals surface area contributed by atoms with Gasteiger partial charge in [0, 0.05) is 11.3 Å². The lowest BCUT2D eigenvalue weighted by Gasteiger charge is -2.15. The number of benzene rings is 3. The number of para-hydroxylation sites is 2. The fraction of sp³-hybridized carbons (Fsp3) is 0.174. The van der Waals surface area contributed by atoms with E-state index in [-0.39, 0.29) is 16.5 Å². The summed E-state index contributed by atoms with van der Waals surface area (Å²) in [5.74, 6) is 1.22. The lowest BCUT2D eigenvalue weighted by atomic mass is 10.1. The van der Waals surface area contributed by atoms with Crippen LogP contribution in [0.2, 0.25) is 0 Å². The number of carbonyl (C=O) groups is 1. The predicted molar refractivity (Wildman–Crippen MR) is 128 cm³/mol. The molecule has 32 heavy (non-hydrogen) atoms. The van der Waals surface area contributed by atoms with Gasteiger partial charge in [0.2, 0.25) is 0 Å². The molecule has 9 heteroatoms. The maximum Gasteiger partial charge on any atom is 0.262 e. The van der Waals surface area contributed by atoms with Crippen LogP contribution in [0.25, 0.3) is 0 Å². The summed E-state index contributed by atoms with van der Waals surface area (Å²) < 4.78 is 38.9. The average Bonchev–Trinajstić information content (AvgIpc) is 2.80. The summed E-state index contributed by atoms with van der Waals surface area (Å²) in [5, 5.41) is 2.74. The second-order valence-electron chi connectivity index (χ2n) is 6.75. The van der Waals surface area contributed by atoms with Gasteiger partial charge in [0.15, 0.2) is 0 Å². The minimum absolute atomic E-state index is 0.0326. The molecule has 0 spiro atoms. The van der Waals surface area contributed by atoms with Crippen molar-refractivity contribution >= 4 is 39.1 Å². The van der Waals surface area contributed by atoms with E-state index in [1.165, 1.54) is 32.4 Å². The molecule has 2 N–H and O–H groups in total. The minimum Gasteiger partial charge on any atom is -0.495 e. The summed E-state index contributed by atoms with van der Waals surface area (Å²) in [6.45, 7) is 0. The van der Waals surface area contributed by atoms with Crippen LogP contribution < -0.4 is 19.5 Å². The monoisotopic (exact) mass is 472 g/mol. The van der Waals surface area contributed by atoms with Gasteiger partial charge >= 0.3 is 0 Å². The van der Waals surface area contributed by atoms with Gasteiger partial charge in [-0.25, -0.2) is 8.42 Å².